The van der Waals surface area contributed by atoms with Crippen molar-refractivity contribution in [1.82, 2.24) is 5.32 Å². The van der Waals surface area contributed by atoms with Crippen LogP contribution in [0.25, 0.3) is 0 Å². The van der Waals surface area contributed by atoms with Gasteiger partial charge in [-0.3, -0.25) is 14.9 Å². The zero-order chi connectivity index (χ0) is 28.3. The van der Waals surface area contributed by atoms with Gasteiger partial charge in [-0.1, -0.05) is 88.3 Å². The van der Waals surface area contributed by atoms with Gasteiger partial charge in [0.2, 0.25) is 5.91 Å². The number of hydrogen-bond donors (Lipinski definition) is 1. The number of nitrogens with zero attached hydrogens (tertiary/aromatic N) is 3. The second-order valence-electron chi connectivity index (χ2n) is 9.29. The van der Waals surface area contributed by atoms with Gasteiger partial charge in [0.15, 0.2) is 10.9 Å². The van der Waals surface area contributed by atoms with E-state index in [0.717, 1.165) is 25.3 Å². The summed E-state index contributed by atoms with van der Waals surface area (Å²) < 4.78 is 30.9. The molecule has 1 N–H and O–H groups in total. The number of rotatable bonds is 15. The smallest absolute Gasteiger partial charge is 0.339 e. The molecule has 0 spiro atoms. The standard InChI is InChI=1S/C27H34N4O6S2/c1-3-4-5-6-7-8-9-10-15-25-26(32)29-27(38-25)30-28-19-21-13-11-12-14-24(21)37-39(35,36)22-17-16-20(2)23(18-22)31(33)34/h11-14,16-19,25H,3-10,15H2,1-2H3,(H,29,30,32)/b28-19+. The van der Waals surface area contributed by atoms with Crippen molar-refractivity contribution in [2.75, 3.05) is 0 Å². The van der Waals surface area contributed by atoms with Crippen LogP contribution in [-0.4, -0.2) is 35.9 Å². The predicted molar refractivity (Wildman–Crippen MR) is 154 cm³/mol. The van der Waals surface area contributed by atoms with Gasteiger partial charge in [0.1, 0.15) is 4.90 Å². The highest BCUT2D eigenvalue weighted by atomic mass is 32.2. The normalized spacial score (nSPS) is 16.6. The molecule has 39 heavy (non-hydrogen) atoms. The third kappa shape index (κ3) is 9.17. The molecule has 3 rings (SSSR count). The molecule has 10 nitrogen and oxygen atoms in total. The van der Waals surface area contributed by atoms with E-state index in [0.29, 0.717) is 16.3 Å². The lowest BCUT2D eigenvalue weighted by molar-refractivity contribution is -0.385. The molecule has 0 aliphatic carbocycles. The molecule has 1 aliphatic rings. The van der Waals surface area contributed by atoms with Gasteiger partial charge in [0.25, 0.3) is 5.69 Å². The Bertz CT molecular complexity index is 1330. The number of para-hydroxylation sites is 1. The average molecular weight is 575 g/mol. The van der Waals surface area contributed by atoms with Crippen LogP contribution in [0.1, 0.15) is 75.8 Å². The van der Waals surface area contributed by atoms with Gasteiger partial charge in [0, 0.05) is 17.2 Å². The Kier molecular flexibility index (Phi) is 11.5. The zero-order valence-corrected chi connectivity index (χ0v) is 23.8. The van der Waals surface area contributed by atoms with Crippen molar-refractivity contribution >= 4 is 44.9 Å². The first-order valence-corrected chi connectivity index (χ1v) is 15.4. The molecule has 1 amide bonds. The number of thioether (sulfide) groups is 1. The maximum atomic E-state index is 12.8. The van der Waals surface area contributed by atoms with Crippen molar-refractivity contribution in [3.05, 3.63) is 63.7 Å². The molecule has 1 heterocycles. The fourth-order valence-corrected chi connectivity index (χ4v) is 5.97. The van der Waals surface area contributed by atoms with E-state index in [-0.39, 0.29) is 27.5 Å². The summed E-state index contributed by atoms with van der Waals surface area (Å²) in [5.74, 6) is -0.0979. The van der Waals surface area contributed by atoms with Crippen LogP contribution < -0.4 is 9.50 Å². The summed E-state index contributed by atoms with van der Waals surface area (Å²) in [6.45, 7) is 3.73. The molecule has 210 valence electrons. The highest BCUT2D eigenvalue weighted by molar-refractivity contribution is 8.15. The molecule has 1 aliphatic heterocycles. The SMILES string of the molecule is CCCCCCCCCCC1S/C(=N/N=C/c2ccccc2OS(=O)(=O)c2ccc(C)c([N+](=O)[O-])c2)NC1=O. The van der Waals surface area contributed by atoms with Gasteiger partial charge in [-0.15, -0.1) is 5.10 Å². The maximum Gasteiger partial charge on any atom is 0.339 e. The van der Waals surface area contributed by atoms with Gasteiger partial charge in [-0.05, 0) is 31.5 Å². The molecule has 0 saturated carbocycles. The molecule has 0 bridgehead atoms. The Morgan fingerprint density at radius 1 is 1.08 bits per heavy atom. The molecule has 2 aromatic rings. The maximum absolute atomic E-state index is 12.8. The number of hydrogen-bond acceptors (Lipinski definition) is 9. The Labute approximate surface area is 233 Å². The summed E-state index contributed by atoms with van der Waals surface area (Å²) in [6.07, 6.45) is 11.7. The molecular weight excluding hydrogens is 540 g/mol. The topological polar surface area (TPSA) is 140 Å². The number of carbonyl (C=O) groups excluding carboxylic acids is 1. The largest absolute Gasteiger partial charge is 0.378 e. The van der Waals surface area contributed by atoms with Crippen molar-refractivity contribution in [3.8, 4) is 5.75 Å². The van der Waals surface area contributed by atoms with E-state index in [2.05, 4.69) is 22.4 Å². The fourth-order valence-electron chi connectivity index (χ4n) is 4.02. The van der Waals surface area contributed by atoms with Crippen molar-refractivity contribution in [2.24, 2.45) is 10.2 Å². The lowest BCUT2D eigenvalue weighted by Crippen LogP contribution is -2.24. The second-order valence-corrected chi connectivity index (χ2v) is 12.0. The van der Waals surface area contributed by atoms with Gasteiger partial charge in [-0.2, -0.15) is 13.5 Å². The molecule has 1 atom stereocenters. The number of carbonyl (C=O) groups is 1. The number of nitro benzene ring substituents is 1. The summed E-state index contributed by atoms with van der Waals surface area (Å²) in [5.41, 5.74) is 0.349. The second kappa shape index (κ2) is 14.8. The van der Waals surface area contributed by atoms with Gasteiger partial charge in [0.05, 0.1) is 16.4 Å². The van der Waals surface area contributed by atoms with Crippen LogP contribution >= 0.6 is 11.8 Å². The summed E-state index contributed by atoms with van der Waals surface area (Å²) in [5, 5.41) is 22.2. The van der Waals surface area contributed by atoms with Gasteiger partial charge < -0.3 is 9.50 Å². The van der Waals surface area contributed by atoms with Gasteiger partial charge >= 0.3 is 10.1 Å². The molecule has 1 unspecified atom stereocenters. The third-order valence-corrected chi connectivity index (χ3v) is 8.60. The summed E-state index contributed by atoms with van der Waals surface area (Å²) in [6, 6.07) is 9.89. The van der Waals surface area contributed by atoms with Crippen LogP contribution in [0.5, 0.6) is 5.75 Å². The lowest BCUT2D eigenvalue weighted by Gasteiger charge is -2.09. The molecule has 1 saturated heterocycles. The monoisotopic (exact) mass is 574 g/mol. The molecule has 2 aromatic carbocycles. The van der Waals surface area contributed by atoms with Crippen LogP contribution in [0.4, 0.5) is 5.69 Å². The van der Waals surface area contributed by atoms with Gasteiger partial charge in [-0.25, -0.2) is 0 Å². The predicted octanol–water partition coefficient (Wildman–Crippen LogP) is 6.12. The number of amides is 1. The Balaban J connectivity index is 1.58. The van der Waals surface area contributed by atoms with Crippen LogP contribution in [-0.2, 0) is 14.9 Å². The molecule has 0 radical (unpaired) electrons. The van der Waals surface area contributed by atoms with Crippen LogP contribution in [0.15, 0.2) is 57.6 Å². The molecule has 1 fully saturated rings. The third-order valence-electron chi connectivity index (χ3n) is 6.23. The summed E-state index contributed by atoms with van der Waals surface area (Å²) in [4.78, 5) is 22.5. The van der Waals surface area contributed by atoms with Crippen LogP contribution in [0.2, 0.25) is 0 Å². The average Bonchev–Trinajstić information content (AvgIpc) is 3.25. The molecule has 0 aromatic heterocycles. The highest BCUT2D eigenvalue weighted by Crippen LogP contribution is 2.27. The van der Waals surface area contributed by atoms with Crippen molar-refractivity contribution in [2.45, 2.75) is 81.8 Å². The van der Waals surface area contributed by atoms with E-state index in [1.807, 2.05) is 0 Å². The Morgan fingerprint density at radius 3 is 2.49 bits per heavy atom. The summed E-state index contributed by atoms with van der Waals surface area (Å²) >= 11 is 1.34. The molecular formula is C27H34N4O6S2. The molecule has 12 heteroatoms. The number of unbranched alkanes of at least 4 members (excludes halogenated alkanes) is 7. The van der Waals surface area contributed by atoms with Crippen molar-refractivity contribution in [1.29, 1.82) is 0 Å². The van der Waals surface area contributed by atoms with E-state index in [9.17, 15) is 23.3 Å². The van der Waals surface area contributed by atoms with E-state index in [1.165, 1.54) is 81.6 Å². The Hall–Kier alpha value is -3.25. The summed E-state index contributed by atoms with van der Waals surface area (Å²) in [7, 11) is -4.35. The van der Waals surface area contributed by atoms with E-state index in [1.54, 1.807) is 18.2 Å². The number of aryl methyl sites for hydroxylation is 1. The van der Waals surface area contributed by atoms with Crippen molar-refractivity contribution < 1.29 is 22.3 Å². The highest BCUT2D eigenvalue weighted by Gasteiger charge is 2.29. The zero-order valence-electron chi connectivity index (χ0n) is 22.2. The van der Waals surface area contributed by atoms with Crippen molar-refractivity contribution in [3.63, 3.8) is 0 Å². The quantitative estimate of drug-likeness (QED) is 0.0888. The minimum atomic E-state index is -4.35. The minimum absolute atomic E-state index is 0.0136. The number of benzene rings is 2. The Morgan fingerprint density at radius 2 is 1.77 bits per heavy atom. The van der Waals surface area contributed by atoms with Crippen LogP contribution in [0.3, 0.4) is 0 Å². The van der Waals surface area contributed by atoms with E-state index < -0.39 is 15.0 Å². The number of nitro groups is 1. The first-order valence-electron chi connectivity index (χ1n) is 13.1. The number of amidine groups is 1. The van der Waals surface area contributed by atoms with Crippen LogP contribution in [0, 0.1) is 17.0 Å². The van der Waals surface area contributed by atoms with E-state index in [4.69, 9.17) is 4.18 Å². The minimum Gasteiger partial charge on any atom is -0.378 e. The first kappa shape index (κ1) is 30.3. The first-order chi connectivity index (χ1) is 18.7. The fraction of sp³-hybridized carbons (Fsp3) is 0.444. The van der Waals surface area contributed by atoms with E-state index >= 15 is 0 Å². The lowest BCUT2D eigenvalue weighted by atomic mass is 10.1. The number of nitrogens with one attached hydrogen (secondary N) is 1.